The fourth-order valence-electron chi connectivity index (χ4n) is 6.57. The highest BCUT2D eigenvalue weighted by atomic mass is 16.5. The maximum absolute atomic E-state index is 8.20. The predicted octanol–water partition coefficient (Wildman–Crippen LogP) is 24.9. The second-order valence-corrected chi connectivity index (χ2v) is 22.0. The maximum atomic E-state index is 8.20. The number of rotatable bonds is 49. The van der Waals surface area contributed by atoms with Crippen LogP contribution in [0.25, 0.3) is 0 Å². The van der Waals surface area contributed by atoms with Crippen molar-refractivity contribution < 1.29 is 38.6 Å². The Morgan fingerprint density at radius 2 is 0.412 bits per heavy atom. The third-order valence-electron chi connectivity index (χ3n) is 12.3. The van der Waals surface area contributed by atoms with Crippen molar-refractivity contribution in [2.45, 2.75) is 389 Å². The molecule has 0 rings (SSSR count). The van der Waals surface area contributed by atoms with Gasteiger partial charge >= 0.3 is 0 Å². The molecule has 0 spiro atoms. The minimum Gasteiger partial charge on any atom is -0.396 e. The largest absolute Gasteiger partial charge is 0.396 e. The van der Waals surface area contributed by atoms with Crippen LogP contribution in [0.1, 0.15) is 389 Å². The fourth-order valence-corrected chi connectivity index (χ4v) is 6.57. The van der Waals surface area contributed by atoms with E-state index in [4.69, 9.17) is 43.9 Å². The van der Waals surface area contributed by atoms with E-state index in [1.807, 2.05) is 6.92 Å². The summed E-state index contributed by atoms with van der Waals surface area (Å²) in [6.45, 7) is 56.8. The van der Waals surface area contributed by atoms with E-state index in [-0.39, 0.29) is 0 Å². The molecule has 0 unspecified atom stereocenters. The van der Waals surface area contributed by atoms with Gasteiger partial charge in [0.15, 0.2) is 0 Å². The molecule has 0 aromatic carbocycles. The van der Waals surface area contributed by atoms with Gasteiger partial charge < -0.3 is 38.6 Å². The van der Waals surface area contributed by atoms with Crippen LogP contribution in [0.15, 0.2) is 0 Å². The van der Waals surface area contributed by atoms with E-state index >= 15 is 0 Å². The number of aliphatic hydroxyl groups is 2. The van der Waals surface area contributed by atoms with Gasteiger partial charge in [0.25, 0.3) is 0 Å². The molecule has 0 aromatic rings. The lowest BCUT2D eigenvalue weighted by molar-refractivity contribution is 0.0758. The van der Waals surface area contributed by atoms with Crippen molar-refractivity contribution in [2.24, 2.45) is 11.8 Å². The molecule has 0 fully saturated rings. The third-order valence-corrected chi connectivity index (χ3v) is 12.3. The van der Waals surface area contributed by atoms with Crippen molar-refractivity contribution >= 4 is 0 Å². The Labute approximate surface area is 541 Å². The number of unbranched alkanes of at least 4 members (excludes halogenated alkanes) is 17. The molecule has 0 aliphatic heterocycles. The third kappa shape index (κ3) is 180. The van der Waals surface area contributed by atoms with Gasteiger partial charge in [0.2, 0.25) is 0 Å². The minimum absolute atomic E-state index is 0.319. The van der Waals surface area contributed by atoms with Crippen LogP contribution in [0, 0.1) is 23.2 Å². The van der Waals surface area contributed by atoms with Crippen LogP contribution in [-0.4, -0.2) is 103 Å². The van der Waals surface area contributed by atoms with Gasteiger partial charge in [-0.05, 0) is 108 Å². The lowest BCUT2D eigenvalue weighted by Crippen LogP contribution is -2.12. The van der Waals surface area contributed by atoms with Crippen LogP contribution in [0.4, 0.5) is 0 Å². The van der Waals surface area contributed by atoms with E-state index in [0.717, 1.165) is 188 Å². The topological polar surface area (TPSA) is 120 Å². The first-order valence-electron chi connectivity index (χ1n) is 37.5. The Bertz CT molecular complexity index is 745. The Morgan fingerprint density at radius 3 is 0.529 bits per heavy atom. The number of nitriles is 1. The molecule has 0 aliphatic rings. The first-order chi connectivity index (χ1) is 41.4. The van der Waals surface area contributed by atoms with Gasteiger partial charge in [-0.2, -0.15) is 5.26 Å². The molecule has 0 bridgehead atoms. The number of ether oxygens (including phenoxy) is 6. The number of hydrogen-bond acceptors (Lipinski definition) is 9. The van der Waals surface area contributed by atoms with Crippen LogP contribution in [-0.2, 0) is 28.4 Å². The van der Waals surface area contributed by atoms with E-state index in [1.54, 1.807) is 0 Å². The standard InChI is InChI=1S/2C16H34O3.C6H11N.C6H14.C5H12O.4C5H12.C4H10.C3H8O/c2*1-4-10-17-13-7-16(8-14-18-11-5-2)9-15-19-12-6-3;1-2-3-4-5-6-7;1-3-5-6-4-2;1-2-3-4-5-6;4*1-3-5-4-2;1-3-4-2;1-2-3-4/h2*16H,4-15H2,1-3H3;2-5H2,1H3;3-6H2,1-2H3;6H,2-5H2,1H3;4*3-5H2,1-2H3;3-4H2,1-2H3;4H,2-3H2,1H3. The highest BCUT2D eigenvalue weighted by Crippen LogP contribution is 2.16. The fraction of sp³-hybridized carbons (Fsp3) is 0.987. The Balaban J connectivity index is -0.0000000841. The van der Waals surface area contributed by atoms with E-state index in [0.29, 0.717) is 25.0 Å². The van der Waals surface area contributed by atoms with E-state index in [9.17, 15) is 0 Å². The van der Waals surface area contributed by atoms with Crippen molar-refractivity contribution in [2.75, 3.05) is 92.5 Å². The molecule has 2 N–H and O–H groups in total. The van der Waals surface area contributed by atoms with Crippen LogP contribution in [0.3, 0.4) is 0 Å². The van der Waals surface area contributed by atoms with Crippen LogP contribution in [0.5, 0.6) is 0 Å². The second-order valence-electron chi connectivity index (χ2n) is 22.0. The molecule has 0 aromatic heterocycles. The van der Waals surface area contributed by atoms with Gasteiger partial charge in [0.05, 0.1) is 6.07 Å². The zero-order valence-electron chi connectivity index (χ0n) is 63.2. The minimum atomic E-state index is 0.319. The summed E-state index contributed by atoms with van der Waals surface area (Å²) in [6.07, 6.45) is 46.3. The summed E-state index contributed by atoms with van der Waals surface area (Å²) in [4.78, 5) is 0. The summed E-state index contributed by atoms with van der Waals surface area (Å²) in [5.41, 5.74) is 0. The molecular formula is C76H171NO8. The number of aliphatic hydroxyl groups excluding tert-OH is 2. The molecule has 9 nitrogen and oxygen atoms in total. The Morgan fingerprint density at radius 1 is 0.224 bits per heavy atom. The lowest BCUT2D eigenvalue weighted by atomic mass is 9.99. The molecule has 0 aliphatic carbocycles. The summed E-state index contributed by atoms with van der Waals surface area (Å²) in [7, 11) is 0. The second kappa shape index (κ2) is 136. The Kier molecular flexibility index (Phi) is 174. The Hall–Kier alpha value is -0.830. The van der Waals surface area contributed by atoms with Crippen LogP contribution >= 0.6 is 0 Å². The lowest BCUT2D eigenvalue weighted by Gasteiger charge is -2.17. The van der Waals surface area contributed by atoms with E-state index in [2.05, 4.69) is 145 Å². The molecule has 0 atom stereocenters. The zero-order valence-corrected chi connectivity index (χ0v) is 63.2. The summed E-state index contributed by atoms with van der Waals surface area (Å²) < 4.78 is 33.5. The van der Waals surface area contributed by atoms with Gasteiger partial charge in [0, 0.05) is 98.9 Å². The smallest absolute Gasteiger partial charge is 0.0621 e. The molecule has 0 heterocycles. The van der Waals surface area contributed by atoms with Crippen molar-refractivity contribution in [1.29, 1.82) is 5.26 Å². The van der Waals surface area contributed by atoms with Gasteiger partial charge in [0.1, 0.15) is 0 Å². The van der Waals surface area contributed by atoms with Crippen LogP contribution in [0.2, 0.25) is 0 Å². The van der Waals surface area contributed by atoms with Crippen LogP contribution < -0.4 is 0 Å². The van der Waals surface area contributed by atoms with Crippen molar-refractivity contribution in [3.8, 4) is 6.07 Å². The first-order valence-corrected chi connectivity index (χ1v) is 37.5. The van der Waals surface area contributed by atoms with Crippen molar-refractivity contribution in [3.63, 3.8) is 0 Å². The highest BCUT2D eigenvalue weighted by Gasteiger charge is 2.10. The van der Waals surface area contributed by atoms with Gasteiger partial charge in [-0.1, -0.05) is 287 Å². The molecule has 9 heteroatoms. The normalized spacial score (nSPS) is 9.69. The average Bonchev–Trinajstić information content (AvgIpc) is 3.52. The maximum Gasteiger partial charge on any atom is 0.0621 e. The average molecular weight is 1230 g/mol. The van der Waals surface area contributed by atoms with E-state index in [1.165, 1.54) is 135 Å². The highest BCUT2D eigenvalue weighted by molar-refractivity contribution is 4.67. The quantitative estimate of drug-likeness (QED) is 0.0574. The molecule has 0 saturated carbocycles. The summed E-state index contributed by atoms with van der Waals surface area (Å²) >= 11 is 0. The molecule has 0 radical (unpaired) electrons. The van der Waals surface area contributed by atoms with Gasteiger partial charge in [-0.15, -0.1) is 0 Å². The molecule has 0 amide bonds. The van der Waals surface area contributed by atoms with E-state index < -0.39 is 0 Å². The summed E-state index contributed by atoms with van der Waals surface area (Å²) in [6, 6.07) is 2.10. The first kappa shape index (κ1) is 109. The van der Waals surface area contributed by atoms with Crippen molar-refractivity contribution in [1.82, 2.24) is 0 Å². The number of nitrogens with zero attached hydrogens (tertiary/aromatic N) is 1. The molecule has 0 saturated heterocycles. The SMILES string of the molecule is CCCC.CCCCC.CCCCC.CCCCC.CCCCC.CCCCCC.CCCCCC#N.CCCCCO.CCCO.CCCOCCC(CCOCCC)CCOCCC.CCCOCCC(CCOCCC)CCOCCC. The summed E-state index contributed by atoms with van der Waals surface area (Å²) in [5.74, 6) is 1.34. The molecular weight excluding hydrogens is 1050 g/mol. The zero-order chi connectivity index (χ0) is 66.9. The van der Waals surface area contributed by atoms with Gasteiger partial charge in [-0.3, -0.25) is 0 Å². The molecule has 528 valence electrons. The number of hydrogen-bond donors (Lipinski definition) is 2. The van der Waals surface area contributed by atoms with Gasteiger partial charge in [-0.25, -0.2) is 0 Å². The molecule has 85 heavy (non-hydrogen) atoms. The summed E-state index contributed by atoms with van der Waals surface area (Å²) in [5, 5.41) is 24.1. The monoisotopic (exact) mass is 1230 g/mol. The predicted molar refractivity (Wildman–Crippen MR) is 386 cm³/mol. The van der Waals surface area contributed by atoms with Crippen molar-refractivity contribution in [3.05, 3.63) is 0 Å².